The van der Waals surface area contributed by atoms with Crippen molar-refractivity contribution in [2.45, 2.75) is 45.5 Å². The molecule has 0 saturated heterocycles. The van der Waals surface area contributed by atoms with Crippen molar-refractivity contribution in [3.8, 4) is 0 Å². The highest BCUT2D eigenvalue weighted by molar-refractivity contribution is 5.89. The van der Waals surface area contributed by atoms with Crippen LogP contribution in [0.3, 0.4) is 0 Å². The topological polar surface area (TPSA) is 8.17 Å². The summed E-state index contributed by atoms with van der Waals surface area (Å²) in [5.74, 6) is 0. The van der Waals surface area contributed by atoms with Crippen LogP contribution in [0.15, 0.2) is 42.5 Å². The molecule has 0 saturated carbocycles. The van der Waals surface area contributed by atoms with Gasteiger partial charge < -0.3 is 4.57 Å². The lowest BCUT2D eigenvalue weighted by atomic mass is 9.97. The summed E-state index contributed by atoms with van der Waals surface area (Å²) in [7, 11) is 2.16. The molecule has 2 heterocycles. The molecule has 5 heteroatoms. The number of rotatable bonds is 3. The monoisotopic (exact) mass is 386 g/mol. The van der Waals surface area contributed by atoms with Crippen molar-refractivity contribution in [1.29, 1.82) is 0 Å². The molecule has 0 bridgehead atoms. The molecule has 0 fully saturated rings. The first-order valence-electron chi connectivity index (χ1n) is 9.74. The highest BCUT2D eigenvalue weighted by Gasteiger charge is 2.30. The highest BCUT2D eigenvalue weighted by Crippen LogP contribution is 2.38. The first-order valence-corrected chi connectivity index (χ1v) is 9.74. The van der Waals surface area contributed by atoms with Gasteiger partial charge >= 0.3 is 6.18 Å². The van der Waals surface area contributed by atoms with Crippen LogP contribution in [0.5, 0.6) is 0 Å². The lowest BCUT2D eigenvalue weighted by molar-refractivity contribution is -0.137. The maximum absolute atomic E-state index is 12.8. The average Bonchev–Trinajstić information content (AvgIpc) is 2.98. The number of nitrogens with zero attached hydrogens (tertiary/aromatic N) is 2. The number of benzene rings is 2. The van der Waals surface area contributed by atoms with Crippen molar-refractivity contribution in [3.63, 3.8) is 0 Å². The minimum absolute atomic E-state index is 0.361. The van der Waals surface area contributed by atoms with E-state index in [9.17, 15) is 13.2 Å². The first kappa shape index (κ1) is 19.1. The Bertz CT molecular complexity index is 999. The van der Waals surface area contributed by atoms with Crippen LogP contribution in [0.4, 0.5) is 13.2 Å². The van der Waals surface area contributed by atoms with Gasteiger partial charge in [-0.3, -0.25) is 4.90 Å². The van der Waals surface area contributed by atoms with Crippen LogP contribution in [0.25, 0.3) is 10.9 Å². The molecule has 0 aliphatic carbocycles. The summed E-state index contributed by atoms with van der Waals surface area (Å²) < 4.78 is 40.8. The van der Waals surface area contributed by atoms with Crippen LogP contribution in [0.1, 0.15) is 40.9 Å². The minimum Gasteiger partial charge on any atom is -0.344 e. The summed E-state index contributed by atoms with van der Waals surface area (Å²) in [6.45, 7) is 6.18. The molecule has 1 aromatic heterocycles. The molecular weight excluding hydrogens is 361 g/mol. The van der Waals surface area contributed by atoms with E-state index in [1.54, 1.807) is 12.1 Å². The van der Waals surface area contributed by atoms with E-state index in [0.29, 0.717) is 12.5 Å². The molecule has 148 valence electrons. The van der Waals surface area contributed by atoms with Crippen LogP contribution >= 0.6 is 0 Å². The van der Waals surface area contributed by atoms with Crippen molar-refractivity contribution >= 4 is 10.9 Å². The van der Waals surface area contributed by atoms with Crippen LogP contribution < -0.4 is 0 Å². The van der Waals surface area contributed by atoms with Gasteiger partial charge in [-0.15, -0.1) is 0 Å². The third-order valence-electron chi connectivity index (χ3n) is 6.12. The fraction of sp³-hybridized carbons (Fsp3) is 0.391. The number of para-hydroxylation sites is 1. The van der Waals surface area contributed by atoms with Gasteiger partial charge in [0.15, 0.2) is 0 Å². The molecule has 0 radical (unpaired) electrons. The van der Waals surface area contributed by atoms with Crippen LogP contribution in [0.2, 0.25) is 0 Å². The predicted molar refractivity (Wildman–Crippen MR) is 107 cm³/mol. The third-order valence-corrected chi connectivity index (χ3v) is 6.12. The van der Waals surface area contributed by atoms with Gasteiger partial charge in [0.1, 0.15) is 0 Å². The molecule has 0 amide bonds. The maximum Gasteiger partial charge on any atom is 0.416 e. The molecule has 1 aliphatic rings. The van der Waals surface area contributed by atoms with Crippen LogP contribution in [-0.4, -0.2) is 23.1 Å². The van der Waals surface area contributed by atoms with Crippen molar-refractivity contribution < 1.29 is 13.2 Å². The molecule has 4 rings (SSSR count). The van der Waals surface area contributed by atoms with E-state index in [1.165, 1.54) is 39.9 Å². The maximum atomic E-state index is 12.8. The summed E-state index contributed by atoms with van der Waals surface area (Å²) in [6.07, 6.45) is -2.57. The Labute approximate surface area is 163 Å². The Morgan fingerprint density at radius 1 is 1.07 bits per heavy atom. The lowest BCUT2D eigenvalue weighted by Crippen LogP contribution is -2.31. The van der Waals surface area contributed by atoms with Crippen LogP contribution in [-0.2, 0) is 25.6 Å². The zero-order valence-electron chi connectivity index (χ0n) is 16.5. The summed E-state index contributed by atoms with van der Waals surface area (Å²) in [4.78, 5) is 2.38. The van der Waals surface area contributed by atoms with E-state index >= 15 is 0 Å². The van der Waals surface area contributed by atoms with E-state index < -0.39 is 11.7 Å². The Morgan fingerprint density at radius 3 is 2.46 bits per heavy atom. The third kappa shape index (κ3) is 3.22. The summed E-state index contributed by atoms with van der Waals surface area (Å²) in [5, 5.41) is 1.31. The fourth-order valence-corrected chi connectivity index (χ4v) is 4.45. The van der Waals surface area contributed by atoms with Gasteiger partial charge in [0, 0.05) is 36.6 Å². The molecular formula is C23H25F3N2. The van der Waals surface area contributed by atoms with Crippen LogP contribution in [0, 0.1) is 6.92 Å². The smallest absolute Gasteiger partial charge is 0.344 e. The molecule has 0 N–H and O–H groups in total. The predicted octanol–water partition coefficient (Wildman–Crippen LogP) is 5.76. The van der Waals surface area contributed by atoms with Crippen molar-refractivity contribution in [1.82, 2.24) is 9.47 Å². The molecule has 1 aliphatic heterocycles. The van der Waals surface area contributed by atoms with E-state index in [0.717, 1.165) is 25.1 Å². The standard InChI is InChI=1S/C23H25F3N2/c1-15-5-4-6-19-21-16(2)27(3)13-12-20(21)28(22(15)19)14-11-17-7-9-18(10-8-17)23(24,25)26/h4-10,16H,11-14H2,1-3H3. The number of alkyl halides is 3. The normalized spacial score (nSPS) is 17.9. The average molecular weight is 386 g/mol. The second kappa shape index (κ2) is 6.96. The van der Waals surface area contributed by atoms with E-state index in [4.69, 9.17) is 0 Å². The van der Waals surface area contributed by atoms with E-state index in [-0.39, 0.29) is 0 Å². The van der Waals surface area contributed by atoms with E-state index in [2.05, 4.69) is 48.6 Å². The van der Waals surface area contributed by atoms with Gasteiger partial charge in [-0.1, -0.05) is 30.3 Å². The Morgan fingerprint density at radius 2 is 1.79 bits per heavy atom. The lowest BCUT2D eigenvalue weighted by Gasteiger charge is -2.31. The molecule has 1 atom stereocenters. The van der Waals surface area contributed by atoms with Gasteiger partial charge in [-0.2, -0.15) is 13.2 Å². The molecule has 0 spiro atoms. The summed E-state index contributed by atoms with van der Waals surface area (Å²) in [5.41, 5.74) is 5.63. The Kier molecular flexibility index (Phi) is 4.74. The fourth-order valence-electron chi connectivity index (χ4n) is 4.45. The number of fused-ring (bicyclic) bond motifs is 3. The molecule has 28 heavy (non-hydrogen) atoms. The zero-order chi connectivity index (χ0) is 20.1. The largest absolute Gasteiger partial charge is 0.416 e. The molecule has 1 unspecified atom stereocenters. The Balaban J connectivity index is 1.70. The van der Waals surface area contributed by atoms with Gasteiger partial charge in [0.25, 0.3) is 0 Å². The minimum atomic E-state index is -4.28. The van der Waals surface area contributed by atoms with Crippen molar-refractivity contribution in [2.75, 3.05) is 13.6 Å². The SMILES string of the molecule is Cc1cccc2c3c(n(CCc4ccc(C(F)(F)F)cc4)c12)CCN(C)C3C. The quantitative estimate of drug-likeness (QED) is 0.556. The number of hydrogen-bond acceptors (Lipinski definition) is 1. The van der Waals surface area contributed by atoms with E-state index in [1.807, 2.05) is 0 Å². The molecule has 3 aromatic rings. The van der Waals surface area contributed by atoms with Crippen molar-refractivity contribution in [2.24, 2.45) is 0 Å². The highest BCUT2D eigenvalue weighted by atomic mass is 19.4. The number of likely N-dealkylation sites (N-methyl/N-ethyl adjacent to an activating group) is 1. The first-order chi connectivity index (χ1) is 13.3. The second-order valence-electron chi connectivity index (χ2n) is 7.83. The zero-order valence-corrected chi connectivity index (χ0v) is 16.5. The summed E-state index contributed by atoms with van der Waals surface area (Å²) >= 11 is 0. The number of aromatic nitrogens is 1. The van der Waals surface area contributed by atoms with Gasteiger partial charge in [0.05, 0.1) is 11.1 Å². The van der Waals surface area contributed by atoms with Gasteiger partial charge in [0.2, 0.25) is 0 Å². The molecule has 2 aromatic carbocycles. The molecule has 2 nitrogen and oxygen atoms in total. The van der Waals surface area contributed by atoms with Crippen molar-refractivity contribution in [3.05, 3.63) is 70.4 Å². The Hall–Kier alpha value is -2.27. The van der Waals surface area contributed by atoms with Gasteiger partial charge in [-0.05, 0) is 56.1 Å². The summed E-state index contributed by atoms with van der Waals surface area (Å²) in [6, 6.07) is 12.4. The van der Waals surface area contributed by atoms with Gasteiger partial charge in [-0.25, -0.2) is 0 Å². The number of aryl methyl sites for hydroxylation is 3. The number of halogens is 3. The number of hydrogen-bond donors (Lipinski definition) is 0. The second-order valence-corrected chi connectivity index (χ2v) is 7.83.